The molecule has 2 aromatic heterocycles. The van der Waals surface area contributed by atoms with Crippen LogP contribution < -0.4 is 0 Å². The first-order valence-corrected chi connectivity index (χ1v) is 7.31. The summed E-state index contributed by atoms with van der Waals surface area (Å²) >= 11 is 5.99. The first-order chi connectivity index (χ1) is 9.96. The van der Waals surface area contributed by atoms with Gasteiger partial charge in [0.1, 0.15) is 0 Å². The zero-order valence-electron chi connectivity index (χ0n) is 12.8. The molecule has 0 saturated carbocycles. The maximum absolute atomic E-state index is 13.0. The lowest BCUT2D eigenvalue weighted by Gasteiger charge is -2.20. The van der Waals surface area contributed by atoms with Crippen LogP contribution in [0.15, 0.2) is 12.3 Å². The molecule has 7 heteroatoms. The SMILES string of the molecule is CCC(O)c1c(C(C)(C)C)nc2c(Cl)cc(C(F)(F)F)cn12. The smallest absolute Gasteiger partial charge is 0.387 e. The summed E-state index contributed by atoms with van der Waals surface area (Å²) in [6.07, 6.45) is -4.12. The van der Waals surface area contributed by atoms with Crippen molar-refractivity contribution in [1.82, 2.24) is 9.38 Å². The van der Waals surface area contributed by atoms with E-state index in [9.17, 15) is 18.3 Å². The van der Waals surface area contributed by atoms with Gasteiger partial charge in [0.2, 0.25) is 0 Å². The molecule has 1 N–H and O–H groups in total. The highest BCUT2D eigenvalue weighted by atomic mass is 35.5. The number of aliphatic hydroxyl groups excluding tert-OH is 1. The van der Waals surface area contributed by atoms with Crippen molar-refractivity contribution in [3.8, 4) is 0 Å². The average molecular weight is 335 g/mol. The van der Waals surface area contributed by atoms with E-state index in [1.165, 1.54) is 4.40 Å². The number of aliphatic hydroxyl groups is 1. The second-order valence-electron chi connectivity index (χ2n) is 6.29. The molecule has 0 aliphatic carbocycles. The highest BCUT2D eigenvalue weighted by Crippen LogP contribution is 2.37. The number of alkyl halides is 3. The molecule has 2 heterocycles. The Morgan fingerprint density at radius 2 is 1.91 bits per heavy atom. The largest absolute Gasteiger partial charge is 0.417 e. The van der Waals surface area contributed by atoms with E-state index in [0.29, 0.717) is 17.8 Å². The van der Waals surface area contributed by atoms with Crippen LogP contribution in [0.5, 0.6) is 0 Å². The van der Waals surface area contributed by atoms with Crippen molar-refractivity contribution in [2.24, 2.45) is 0 Å². The fourth-order valence-corrected chi connectivity index (χ4v) is 2.59. The Balaban J connectivity index is 2.87. The molecule has 0 spiro atoms. The molecule has 0 aromatic carbocycles. The number of pyridine rings is 1. The number of rotatable bonds is 2. The van der Waals surface area contributed by atoms with Gasteiger partial charge in [-0.1, -0.05) is 39.3 Å². The van der Waals surface area contributed by atoms with E-state index in [-0.39, 0.29) is 10.7 Å². The van der Waals surface area contributed by atoms with Gasteiger partial charge in [-0.15, -0.1) is 0 Å². The van der Waals surface area contributed by atoms with Crippen molar-refractivity contribution in [3.05, 3.63) is 34.2 Å². The van der Waals surface area contributed by atoms with Crippen molar-refractivity contribution >= 4 is 17.2 Å². The fourth-order valence-electron chi connectivity index (χ4n) is 2.34. The van der Waals surface area contributed by atoms with Gasteiger partial charge in [0, 0.05) is 11.6 Å². The van der Waals surface area contributed by atoms with E-state index in [4.69, 9.17) is 11.6 Å². The number of fused-ring (bicyclic) bond motifs is 1. The maximum atomic E-state index is 13.0. The second-order valence-corrected chi connectivity index (χ2v) is 6.69. The molecule has 0 aliphatic heterocycles. The van der Waals surface area contributed by atoms with E-state index in [1.807, 2.05) is 20.8 Å². The summed E-state index contributed by atoms with van der Waals surface area (Å²) in [6.45, 7) is 7.42. The zero-order chi connectivity index (χ0) is 16.9. The van der Waals surface area contributed by atoms with Crippen molar-refractivity contribution in [2.45, 2.75) is 51.8 Å². The maximum Gasteiger partial charge on any atom is 0.417 e. The van der Waals surface area contributed by atoms with Crippen molar-refractivity contribution in [2.75, 3.05) is 0 Å². The van der Waals surface area contributed by atoms with Gasteiger partial charge in [-0.3, -0.25) is 4.40 Å². The molecule has 2 aromatic rings. The monoisotopic (exact) mass is 334 g/mol. The molecule has 1 atom stereocenters. The molecule has 0 radical (unpaired) electrons. The summed E-state index contributed by atoms with van der Waals surface area (Å²) in [6, 6.07) is 0.860. The van der Waals surface area contributed by atoms with Crippen LogP contribution in [-0.2, 0) is 11.6 Å². The van der Waals surface area contributed by atoms with Gasteiger partial charge in [-0.2, -0.15) is 13.2 Å². The Hall–Kier alpha value is -1.27. The molecule has 0 bridgehead atoms. The third kappa shape index (κ3) is 2.94. The van der Waals surface area contributed by atoms with Gasteiger partial charge in [0.25, 0.3) is 0 Å². The number of hydrogen-bond donors (Lipinski definition) is 1. The van der Waals surface area contributed by atoms with Crippen molar-refractivity contribution < 1.29 is 18.3 Å². The highest BCUT2D eigenvalue weighted by Gasteiger charge is 2.34. The minimum atomic E-state index is -4.52. The van der Waals surface area contributed by atoms with Gasteiger partial charge in [-0.25, -0.2) is 4.98 Å². The minimum absolute atomic E-state index is 0.0881. The van der Waals surface area contributed by atoms with Crippen LogP contribution in [0.2, 0.25) is 5.02 Å². The Kier molecular flexibility index (Phi) is 4.21. The molecular formula is C15H18ClF3N2O. The second kappa shape index (κ2) is 5.42. The predicted molar refractivity (Wildman–Crippen MR) is 79.2 cm³/mol. The van der Waals surface area contributed by atoms with Gasteiger partial charge in [0.15, 0.2) is 5.65 Å². The summed E-state index contributed by atoms with van der Waals surface area (Å²) in [5.74, 6) is 0. The van der Waals surface area contributed by atoms with Crippen LogP contribution in [0.25, 0.3) is 5.65 Å². The lowest BCUT2D eigenvalue weighted by molar-refractivity contribution is -0.137. The van der Waals surface area contributed by atoms with Crippen LogP contribution in [0.3, 0.4) is 0 Å². The first-order valence-electron chi connectivity index (χ1n) is 6.94. The number of aromatic nitrogens is 2. The molecular weight excluding hydrogens is 317 g/mol. The van der Waals surface area contributed by atoms with Gasteiger partial charge >= 0.3 is 6.18 Å². The molecule has 0 fully saturated rings. The topological polar surface area (TPSA) is 37.5 Å². The van der Waals surface area contributed by atoms with Crippen molar-refractivity contribution in [1.29, 1.82) is 0 Å². The molecule has 0 aliphatic rings. The van der Waals surface area contributed by atoms with Crippen LogP contribution in [-0.4, -0.2) is 14.5 Å². The molecule has 1 unspecified atom stereocenters. The number of hydrogen-bond acceptors (Lipinski definition) is 2. The van der Waals surface area contributed by atoms with E-state index < -0.39 is 23.3 Å². The van der Waals surface area contributed by atoms with Crippen LogP contribution >= 0.6 is 11.6 Å². The standard InChI is InChI=1S/C15H18ClF3N2O/c1-5-10(22)11-12(14(2,3)4)20-13-9(16)6-8(7-21(11)13)15(17,18)19/h6-7,10,22H,5H2,1-4H3. The van der Waals surface area contributed by atoms with E-state index in [0.717, 1.165) is 12.3 Å². The molecule has 0 amide bonds. The first kappa shape index (κ1) is 17.1. The van der Waals surface area contributed by atoms with E-state index >= 15 is 0 Å². The van der Waals surface area contributed by atoms with E-state index in [2.05, 4.69) is 4.98 Å². The normalized spacial score (nSPS) is 14.6. The molecule has 2 rings (SSSR count). The Bertz CT molecular complexity index is 701. The minimum Gasteiger partial charge on any atom is -0.387 e. The Labute approximate surface area is 131 Å². The van der Waals surface area contributed by atoms with Crippen LogP contribution in [0.1, 0.15) is 57.2 Å². The highest BCUT2D eigenvalue weighted by molar-refractivity contribution is 6.33. The van der Waals surface area contributed by atoms with Gasteiger partial charge in [-0.05, 0) is 12.5 Å². The molecule has 122 valence electrons. The van der Waals surface area contributed by atoms with Gasteiger partial charge in [0.05, 0.1) is 28.1 Å². The predicted octanol–water partition coefficient (Wildman–Crippen LogP) is 4.75. The fraction of sp³-hybridized carbons (Fsp3) is 0.533. The van der Waals surface area contributed by atoms with Crippen molar-refractivity contribution in [3.63, 3.8) is 0 Å². The number of halogens is 4. The van der Waals surface area contributed by atoms with Crippen LogP contribution in [0, 0.1) is 0 Å². The summed E-state index contributed by atoms with van der Waals surface area (Å²) in [7, 11) is 0. The Morgan fingerprint density at radius 1 is 1.32 bits per heavy atom. The van der Waals surface area contributed by atoms with E-state index in [1.54, 1.807) is 6.92 Å². The zero-order valence-corrected chi connectivity index (χ0v) is 13.5. The van der Waals surface area contributed by atoms with Crippen LogP contribution in [0.4, 0.5) is 13.2 Å². The third-order valence-corrected chi connectivity index (χ3v) is 3.73. The lowest BCUT2D eigenvalue weighted by Crippen LogP contribution is -2.17. The number of nitrogens with zero attached hydrogens (tertiary/aromatic N) is 2. The summed E-state index contributed by atoms with van der Waals surface area (Å²) in [5, 5.41) is 10.2. The summed E-state index contributed by atoms with van der Waals surface area (Å²) < 4.78 is 40.3. The quantitative estimate of drug-likeness (QED) is 0.860. The average Bonchev–Trinajstić information content (AvgIpc) is 2.76. The molecule has 22 heavy (non-hydrogen) atoms. The number of imidazole rings is 1. The Morgan fingerprint density at radius 3 is 2.36 bits per heavy atom. The van der Waals surface area contributed by atoms with Gasteiger partial charge < -0.3 is 5.11 Å². The molecule has 0 saturated heterocycles. The molecule has 3 nitrogen and oxygen atoms in total. The third-order valence-electron chi connectivity index (χ3n) is 3.45. The summed E-state index contributed by atoms with van der Waals surface area (Å²) in [5.41, 5.74) is -0.172. The summed E-state index contributed by atoms with van der Waals surface area (Å²) in [4.78, 5) is 4.38. The lowest BCUT2D eigenvalue weighted by atomic mass is 9.89.